The third-order valence-electron chi connectivity index (χ3n) is 3.64. The third-order valence-corrected chi connectivity index (χ3v) is 3.64. The Morgan fingerprint density at radius 2 is 2.19 bits per heavy atom. The van der Waals surface area contributed by atoms with Crippen LogP contribution in [0.5, 0.6) is 0 Å². The van der Waals surface area contributed by atoms with E-state index < -0.39 is 5.92 Å². The Morgan fingerprint density at radius 3 is 2.81 bits per heavy atom. The summed E-state index contributed by atoms with van der Waals surface area (Å²) in [6, 6.07) is 9.11. The van der Waals surface area contributed by atoms with Crippen LogP contribution >= 0.6 is 0 Å². The average Bonchev–Trinajstić information content (AvgIpc) is 2.48. The lowest BCUT2D eigenvalue weighted by atomic mass is 9.95. The van der Waals surface area contributed by atoms with Crippen molar-refractivity contribution in [1.82, 2.24) is 5.32 Å². The number of carbonyl (C=O) groups is 1. The molecular formula is C15H21N3O3. The number of oxime groups is 1. The molecule has 114 valence electrons. The van der Waals surface area contributed by atoms with Crippen LogP contribution in [0.1, 0.15) is 31.2 Å². The molecule has 3 atom stereocenters. The van der Waals surface area contributed by atoms with Crippen LogP contribution in [0.2, 0.25) is 0 Å². The third kappa shape index (κ3) is 3.95. The van der Waals surface area contributed by atoms with Gasteiger partial charge in [-0.05, 0) is 25.3 Å². The molecule has 3 unspecified atom stereocenters. The molecule has 2 rings (SSSR count). The van der Waals surface area contributed by atoms with Crippen LogP contribution in [0.4, 0.5) is 0 Å². The lowest BCUT2D eigenvalue weighted by molar-refractivity contribution is -0.122. The summed E-state index contributed by atoms with van der Waals surface area (Å²) in [5.41, 5.74) is 6.40. The number of nitrogens with two attached hydrogens (primary N) is 1. The summed E-state index contributed by atoms with van der Waals surface area (Å²) in [5.74, 6) is -1.15. The van der Waals surface area contributed by atoms with E-state index in [1.807, 2.05) is 25.1 Å². The Labute approximate surface area is 124 Å². The van der Waals surface area contributed by atoms with Crippen LogP contribution in [0.3, 0.4) is 0 Å². The molecule has 0 spiro atoms. The van der Waals surface area contributed by atoms with Crippen molar-refractivity contribution >= 4 is 11.7 Å². The highest BCUT2D eigenvalue weighted by molar-refractivity contribution is 6.07. The zero-order valence-corrected chi connectivity index (χ0v) is 12.0. The van der Waals surface area contributed by atoms with Crippen molar-refractivity contribution in [3.63, 3.8) is 0 Å². The second-order valence-corrected chi connectivity index (χ2v) is 5.28. The van der Waals surface area contributed by atoms with Gasteiger partial charge in [0.1, 0.15) is 5.92 Å². The van der Waals surface area contributed by atoms with E-state index in [2.05, 4.69) is 10.5 Å². The van der Waals surface area contributed by atoms with Gasteiger partial charge in [0, 0.05) is 12.6 Å². The summed E-state index contributed by atoms with van der Waals surface area (Å²) in [5, 5.41) is 14.9. The summed E-state index contributed by atoms with van der Waals surface area (Å²) in [6.45, 7) is 2.61. The molecule has 1 amide bonds. The van der Waals surface area contributed by atoms with Crippen molar-refractivity contribution < 1.29 is 14.7 Å². The molecule has 21 heavy (non-hydrogen) atoms. The van der Waals surface area contributed by atoms with Crippen molar-refractivity contribution in [2.24, 2.45) is 10.9 Å². The predicted molar refractivity (Wildman–Crippen MR) is 79.2 cm³/mol. The number of amides is 1. The molecule has 0 saturated carbocycles. The molecule has 6 heteroatoms. The first kappa shape index (κ1) is 15.3. The van der Waals surface area contributed by atoms with Gasteiger partial charge in [-0.2, -0.15) is 0 Å². The van der Waals surface area contributed by atoms with Crippen molar-refractivity contribution in [3.05, 3.63) is 35.9 Å². The predicted octanol–water partition coefficient (Wildman–Crippen LogP) is 1.20. The van der Waals surface area contributed by atoms with Crippen LogP contribution < -0.4 is 11.1 Å². The summed E-state index contributed by atoms with van der Waals surface area (Å²) >= 11 is 0. The highest BCUT2D eigenvalue weighted by Crippen LogP contribution is 2.19. The maximum absolute atomic E-state index is 12.5. The first-order chi connectivity index (χ1) is 10.1. The second-order valence-electron chi connectivity index (χ2n) is 5.28. The fraction of sp³-hybridized carbons (Fsp3) is 0.467. The van der Waals surface area contributed by atoms with Crippen LogP contribution in [0.25, 0.3) is 0 Å². The SMILES string of the molecule is CC1CC(NC(=O)C(/C(N)=N/O)c2ccccc2)CCO1. The molecule has 0 bridgehead atoms. The van der Waals surface area contributed by atoms with Gasteiger partial charge in [0.15, 0.2) is 5.84 Å². The Balaban J connectivity index is 2.12. The van der Waals surface area contributed by atoms with Crippen LogP contribution in [0.15, 0.2) is 35.5 Å². The van der Waals surface area contributed by atoms with Gasteiger partial charge in [-0.1, -0.05) is 35.5 Å². The van der Waals surface area contributed by atoms with Crippen LogP contribution in [-0.2, 0) is 9.53 Å². The molecule has 6 nitrogen and oxygen atoms in total. The lowest BCUT2D eigenvalue weighted by Crippen LogP contribution is -2.45. The van der Waals surface area contributed by atoms with E-state index in [0.717, 1.165) is 12.8 Å². The second kappa shape index (κ2) is 7.08. The number of benzene rings is 1. The Hall–Kier alpha value is -2.08. The number of nitrogens with one attached hydrogen (secondary N) is 1. The van der Waals surface area contributed by atoms with Gasteiger partial charge in [0.05, 0.1) is 6.10 Å². The zero-order valence-electron chi connectivity index (χ0n) is 12.0. The van der Waals surface area contributed by atoms with Gasteiger partial charge >= 0.3 is 0 Å². The first-order valence-corrected chi connectivity index (χ1v) is 7.06. The fourth-order valence-corrected chi connectivity index (χ4v) is 2.57. The molecule has 0 radical (unpaired) electrons. The molecule has 1 saturated heterocycles. The minimum absolute atomic E-state index is 0.0546. The van der Waals surface area contributed by atoms with E-state index >= 15 is 0 Å². The molecule has 1 fully saturated rings. The van der Waals surface area contributed by atoms with Gasteiger partial charge in [-0.25, -0.2) is 0 Å². The van der Waals surface area contributed by atoms with Crippen molar-refractivity contribution in [3.8, 4) is 0 Å². The lowest BCUT2D eigenvalue weighted by Gasteiger charge is -2.29. The van der Waals surface area contributed by atoms with Crippen molar-refractivity contribution in [2.45, 2.75) is 37.8 Å². The molecule has 1 aromatic carbocycles. The smallest absolute Gasteiger partial charge is 0.235 e. The van der Waals surface area contributed by atoms with Gasteiger partial charge in [-0.3, -0.25) is 4.79 Å². The Kier molecular flexibility index (Phi) is 5.16. The van der Waals surface area contributed by atoms with Crippen LogP contribution in [0, 0.1) is 0 Å². The monoisotopic (exact) mass is 291 g/mol. The molecule has 1 aliphatic rings. The molecule has 0 aliphatic carbocycles. The number of ether oxygens (including phenoxy) is 1. The molecule has 1 aromatic rings. The summed E-state index contributed by atoms with van der Waals surface area (Å²) in [4.78, 5) is 12.5. The number of rotatable bonds is 4. The van der Waals surface area contributed by atoms with Gasteiger partial charge in [0.25, 0.3) is 0 Å². The quantitative estimate of drug-likeness (QED) is 0.336. The minimum atomic E-state index is -0.783. The minimum Gasteiger partial charge on any atom is -0.409 e. The Bertz CT molecular complexity index is 504. The van der Waals surface area contributed by atoms with E-state index in [4.69, 9.17) is 15.7 Å². The first-order valence-electron chi connectivity index (χ1n) is 7.06. The molecule has 4 N–H and O–H groups in total. The van der Waals surface area contributed by atoms with Gasteiger partial charge in [0.2, 0.25) is 5.91 Å². The topological polar surface area (TPSA) is 96.9 Å². The Morgan fingerprint density at radius 1 is 1.48 bits per heavy atom. The molecule has 1 heterocycles. The van der Waals surface area contributed by atoms with E-state index in [1.54, 1.807) is 12.1 Å². The molecule has 1 aliphatic heterocycles. The average molecular weight is 291 g/mol. The maximum atomic E-state index is 12.5. The maximum Gasteiger partial charge on any atom is 0.235 e. The van der Waals surface area contributed by atoms with E-state index in [9.17, 15) is 4.79 Å². The summed E-state index contributed by atoms with van der Waals surface area (Å²) < 4.78 is 5.46. The zero-order chi connectivity index (χ0) is 15.2. The normalized spacial score (nSPS) is 24.3. The standard InChI is InChI=1S/C15H21N3O3/c1-10-9-12(7-8-21-10)17-15(19)13(14(16)18-20)11-5-3-2-4-6-11/h2-6,10,12-13,20H,7-9H2,1H3,(H2,16,18)(H,17,19). The number of carbonyl (C=O) groups excluding carboxylic acids is 1. The highest BCUT2D eigenvalue weighted by Gasteiger charge is 2.28. The van der Waals surface area contributed by atoms with Crippen molar-refractivity contribution in [2.75, 3.05) is 6.61 Å². The van der Waals surface area contributed by atoms with Crippen molar-refractivity contribution in [1.29, 1.82) is 0 Å². The van der Waals surface area contributed by atoms with E-state index in [1.165, 1.54) is 0 Å². The van der Waals surface area contributed by atoms with Gasteiger partial charge in [-0.15, -0.1) is 0 Å². The van der Waals surface area contributed by atoms with Crippen LogP contribution in [-0.4, -0.2) is 35.7 Å². The molecular weight excluding hydrogens is 270 g/mol. The number of hydrogen-bond acceptors (Lipinski definition) is 4. The number of amidine groups is 1. The fourth-order valence-electron chi connectivity index (χ4n) is 2.57. The van der Waals surface area contributed by atoms with Gasteiger partial charge < -0.3 is 21.0 Å². The molecule has 0 aromatic heterocycles. The summed E-state index contributed by atoms with van der Waals surface area (Å²) in [6.07, 6.45) is 1.67. The largest absolute Gasteiger partial charge is 0.409 e. The summed E-state index contributed by atoms with van der Waals surface area (Å²) in [7, 11) is 0. The number of hydrogen-bond donors (Lipinski definition) is 3. The van der Waals surface area contributed by atoms with E-state index in [-0.39, 0.29) is 23.9 Å². The highest BCUT2D eigenvalue weighted by atomic mass is 16.5. The van der Waals surface area contributed by atoms with E-state index in [0.29, 0.717) is 12.2 Å². The number of nitrogens with zero attached hydrogens (tertiary/aromatic N) is 1.